The summed E-state index contributed by atoms with van der Waals surface area (Å²) < 4.78 is 5.76. The third-order valence-corrected chi connectivity index (χ3v) is 3.92. The molecule has 0 amide bonds. The summed E-state index contributed by atoms with van der Waals surface area (Å²) in [5.74, 6) is 8.65. The molecule has 1 saturated heterocycles. The lowest BCUT2D eigenvalue weighted by molar-refractivity contribution is 0.0525. The molecule has 0 bridgehead atoms. The van der Waals surface area contributed by atoms with Crippen LogP contribution < -0.4 is 16.2 Å². The van der Waals surface area contributed by atoms with Crippen molar-refractivity contribution in [2.24, 2.45) is 5.84 Å². The van der Waals surface area contributed by atoms with Gasteiger partial charge in [0.2, 0.25) is 0 Å². The highest BCUT2D eigenvalue weighted by Crippen LogP contribution is 2.39. The lowest BCUT2D eigenvalue weighted by Crippen LogP contribution is -2.40. The summed E-state index contributed by atoms with van der Waals surface area (Å²) >= 11 is 0. The third-order valence-electron chi connectivity index (χ3n) is 3.92. The maximum Gasteiger partial charge on any atom is 0.145 e. The zero-order valence-corrected chi connectivity index (χ0v) is 12.0. The fourth-order valence-corrected chi connectivity index (χ4v) is 2.73. The fourth-order valence-electron chi connectivity index (χ4n) is 2.73. The normalized spacial score (nSPS) is 22.9. The topological polar surface area (TPSA) is 76.3 Å². The van der Waals surface area contributed by atoms with Gasteiger partial charge in [-0.1, -0.05) is 0 Å². The summed E-state index contributed by atoms with van der Waals surface area (Å²) in [5.41, 5.74) is 2.66. The smallest absolute Gasteiger partial charge is 0.145 e. The molecule has 2 heterocycles. The van der Waals surface area contributed by atoms with Crippen LogP contribution in [0.1, 0.15) is 44.3 Å². The molecule has 20 heavy (non-hydrogen) atoms. The van der Waals surface area contributed by atoms with Gasteiger partial charge in [0.05, 0.1) is 6.10 Å². The molecule has 1 aromatic rings. The van der Waals surface area contributed by atoms with Crippen molar-refractivity contribution >= 4 is 11.6 Å². The fraction of sp³-hybridized carbons (Fsp3) is 0.714. The molecule has 6 heteroatoms. The Hall–Kier alpha value is -1.40. The average molecular weight is 277 g/mol. The van der Waals surface area contributed by atoms with Gasteiger partial charge in [-0.3, -0.25) is 0 Å². The van der Waals surface area contributed by atoms with Crippen LogP contribution in [0.5, 0.6) is 0 Å². The second kappa shape index (κ2) is 5.93. The van der Waals surface area contributed by atoms with Crippen molar-refractivity contribution in [1.29, 1.82) is 0 Å². The first-order chi connectivity index (χ1) is 9.80. The molecule has 2 aliphatic rings. The maximum absolute atomic E-state index is 5.76. The summed E-state index contributed by atoms with van der Waals surface area (Å²) in [5, 5.41) is 0. The highest BCUT2D eigenvalue weighted by Gasteiger charge is 2.29. The summed E-state index contributed by atoms with van der Waals surface area (Å²) in [6.45, 7) is 4.74. The zero-order chi connectivity index (χ0) is 13.9. The molecular formula is C14H23N5O. The Morgan fingerprint density at radius 1 is 1.40 bits per heavy atom. The highest BCUT2D eigenvalue weighted by molar-refractivity contribution is 5.49. The number of rotatable bonds is 5. The number of nitrogens with zero attached hydrogens (tertiary/aromatic N) is 3. The molecule has 1 aliphatic carbocycles. The van der Waals surface area contributed by atoms with E-state index >= 15 is 0 Å². The minimum atomic E-state index is 0.308. The van der Waals surface area contributed by atoms with E-state index in [-0.39, 0.29) is 0 Å². The first kappa shape index (κ1) is 13.6. The number of hydrazine groups is 1. The van der Waals surface area contributed by atoms with Gasteiger partial charge < -0.3 is 15.1 Å². The molecule has 1 saturated carbocycles. The molecule has 6 nitrogen and oxygen atoms in total. The van der Waals surface area contributed by atoms with Gasteiger partial charge in [0.25, 0.3) is 0 Å². The minimum Gasteiger partial charge on any atom is -0.377 e. The molecule has 0 radical (unpaired) electrons. The summed E-state index contributed by atoms with van der Waals surface area (Å²) in [6.07, 6.45) is 4.96. The van der Waals surface area contributed by atoms with Crippen LogP contribution >= 0.6 is 0 Å². The van der Waals surface area contributed by atoms with Crippen molar-refractivity contribution in [3.8, 4) is 0 Å². The predicted molar refractivity (Wildman–Crippen MR) is 78.7 cm³/mol. The van der Waals surface area contributed by atoms with Gasteiger partial charge in [0.15, 0.2) is 0 Å². The second-order valence-electron chi connectivity index (χ2n) is 5.55. The Kier molecular flexibility index (Phi) is 4.03. The number of nitrogen functional groups attached to an aromatic ring is 1. The molecule has 110 valence electrons. The van der Waals surface area contributed by atoms with Crippen LogP contribution in [-0.2, 0) is 4.74 Å². The van der Waals surface area contributed by atoms with E-state index in [1.165, 1.54) is 12.8 Å². The Bertz CT molecular complexity index is 461. The summed E-state index contributed by atoms with van der Waals surface area (Å²) in [6, 6.07) is 1.93. The van der Waals surface area contributed by atoms with Crippen molar-refractivity contribution in [3.05, 3.63) is 11.9 Å². The van der Waals surface area contributed by atoms with E-state index in [9.17, 15) is 0 Å². The van der Waals surface area contributed by atoms with Crippen molar-refractivity contribution in [1.82, 2.24) is 9.97 Å². The van der Waals surface area contributed by atoms with Crippen LogP contribution in [0.25, 0.3) is 0 Å². The molecule has 1 unspecified atom stereocenters. The van der Waals surface area contributed by atoms with Crippen molar-refractivity contribution in [2.45, 2.75) is 44.6 Å². The van der Waals surface area contributed by atoms with E-state index in [0.29, 0.717) is 17.8 Å². The number of hydrogen-bond acceptors (Lipinski definition) is 6. The van der Waals surface area contributed by atoms with E-state index in [2.05, 4.69) is 15.3 Å². The van der Waals surface area contributed by atoms with Crippen LogP contribution in [0.2, 0.25) is 0 Å². The number of anilines is 2. The van der Waals surface area contributed by atoms with Gasteiger partial charge in [-0.05, 0) is 32.6 Å². The van der Waals surface area contributed by atoms with Gasteiger partial charge in [-0.2, -0.15) is 0 Å². The van der Waals surface area contributed by atoms with Gasteiger partial charge in [0, 0.05) is 31.7 Å². The first-order valence-electron chi connectivity index (χ1n) is 7.52. The number of nitrogens with one attached hydrogen (secondary N) is 1. The van der Waals surface area contributed by atoms with Crippen LogP contribution in [0.3, 0.4) is 0 Å². The molecule has 1 aliphatic heterocycles. The molecule has 2 fully saturated rings. The second-order valence-corrected chi connectivity index (χ2v) is 5.55. The molecular weight excluding hydrogens is 254 g/mol. The highest BCUT2D eigenvalue weighted by atomic mass is 16.5. The van der Waals surface area contributed by atoms with E-state index in [0.717, 1.165) is 44.2 Å². The van der Waals surface area contributed by atoms with Gasteiger partial charge in [-0.25, -0.2) is 15.8 Å². The van der Waals surface area contributed by atoms with Crippen LogP contribution in [-0.4, -0.2) is 35.8 Å². The number of hydrogen-bond donors (Lipinski definition) is 2. The van der Waals surface area contributed by atoms with Gasteiger partial charge in [-0.15, -0.1) is 0 Å². The standard InChI is InChI=1S/C14H23N5O/c1-2-20-11-4-3-7-19(9-11)13-8-12(18-15)16-14(17-13)10-5-6-10/h8,10-11H,2-7,9,15H2,1H3,(H,16,17,18). The Morgan fingerprint density at radius 2 is 2.25 bits per heavy atom. The van der Waals surface area contributed by atoms with Gasteiger partial charge >= 0.3 is 0 Å². The summed E-state index contributed by atoms with van der Waals surface area (Å²) in [4.78, 5) is 11.5. The monoisotopic (exact) mass is 277 g/mol. The Morgan fingerprint density at radius 3 is 2.95 bits per heavy atom. The largest absolute Gasteiger partial charge is 0.377 e. The van der Waals surface area contributed by atoms with E-state index in [1.807, 2.05) is 13.0 Å². The molecule has 0 spiro atoms. The Labute approximate surface area is 119 Å². The predicted octanol–water partition coefficient (Wildman–Crippen LogP) is 1.64. The lowest BCUT2D eigenvalue weighted by Gasteiger charge is -2.33. The minimum absolute atomic E-state index is 0.308. The first-order valence-corrected chi connectivity index (χ1v) is 7.52. The SMILES string of the molecule is CCOC1CCCN(c2cc(NN)nc(C3CC3)n2)C1. The zero-order valence-electron chi connectivity index (χ0n) is 12.0. The lowest BCUT2D eigenvalue weighted by atomic mass is 10.1. The van der Waals surface area contributed by atoms with Crippen LogP contribution in [0.4, 0.5) is 11.6 Å². The van der Waals surface area contributed by atoms with E-state index in [4.69, 9.17) is 15.6 Å². The average Bonchev–Trinajstić information content (AvgIpc) is 3.32. The van der Waals surface area contributed by atoms with Crippen molar-refractivity contribution in [3.63, 3.8) is 0 Å². The third kappa shape index (κ3) is 3.02. The van der Waals surface area contributed by atoms with Crippen molar-refractivity contribution in [2.75, 3.05) is 30.0 Å². The molecule has 3 N–H and O–H groups in total. The number of aromatic nitrogens is 2. The van der Waals surface area contributed by atoms with Gasteiger partial charge in [0.1, 0.15) is 17.5 Å². The van der Waals surface area contributed by atoms with Crippen LogP contribution in [0, 0.1) is 0 Å². The van der Waals surface area contributed by atoms with Crippen LogP contribution in [0.15, 0.2) is 6.07 Å². The van der Waals surface area contributed by atoms with E-state index in [1.54, 1.807) is 0 Å². The van der Waals surface area contributed by atoms with Crippen molar-refractivity contribution < 1.29 is 4.74 Å². The molecule has 1 atom stereocenters. The number of piperidine rings is 1. The quantitative estimate of drug-likeness (QED) is 0.629. The summed E-state index contributed by atoms with van der Waals surface area (Å²) in [7, 11) is 0. The molecule has 1 aromatic heterocycles. The molecule has 3 rings (SSSR count). The van der Waals surface area contributed by atoms with E-state index < -0.39 is 0 Å². The Balaban J connectivity index is 1.79. The molecule has 0 aromatic carbocycles. The number of nitrogens with two attached hydrogens (primary N) is 1. The number of ether oxygens (including phenoxy) is 1. The maximum atomic E-state index is 5.76.